The summed E-state index contributed by atoms with van der Waals surface area (Å²) >= 11 is 0. The van der Waals surface area contributed by atoms with Crippen molar-refractivity contribution in [3.8, 4) is 0 Å². The quantitative estimate of drug-likeness (QED) is 0.796. The van der Waals surface area contributed by atoms with Gasteiger partial charge in [-0.25, -0.2) is 4.68 Å². The van der Waals surface area contributed by atoms with Crippen molar-refractivity contribution >= 4 is 10.9 Å². The summed E-state index contributed by atoms with van der Waals surface area (Å²) in [5, 5.41) is 5.70. The SMILES string of the molecule is Cc1cc2c(cnn2C2CCCCO2)cc1C1OC(C)(C)C(C)(C)O1. The van der Waals surface area contributed by atoms with Crippen LogP contribution < -0.4 is 0 Å². The summed E-state index contributed by atoms with van der Waals surface area (Å²) in [6.07, 6.45) is 4.98. The van der Waals surface area contributed by atoms with Crippen molar-refractivity contribution in [1.82, 2.24) is 9.78 Å². The molecule has 2 fully saturated rings. The standard InChI is InChI=1S/C20H28N2O3/c1-13-10-16-14(12-21-22(16)17-8-6-7-9-23-17)11-15(13)18-24-19(2,3)20(4,5)25-18/h10-12,17-18H,6-9H2,1-5H3. The van der Waals surface area contributed by atoms with Crippen LogP contribution in [-0.4, -0.2) is 27.6 Å². The fourth-order valence-electron chi connectivity index (χ4n) is 3.59. The summed E-state index contributed by atoms with van der Waals surface area (Å²) in [5.41, 5.74) is 2.68. The normalized spacial score (nSPS) is 26.4. The monoisotopic (exact) mass is 344 g/mol. The molecule has 1 aromatic heterocycles. The molecule has 1 aromatic carbocycles. The van der Waals surface area contributed by atoms with Crippen LogP contribution in [0.5, 0.6) is 0 Å². The Bertz CT molecular complexity index is 772. The van der Waals surface area contributed by atoms with Gasteiger partial charge in [-0.15, -0.1) is 0 Å². The van der Waals surface area contributed by atoms with Crippen molar-refractivity contribution in [3.63, 3.8) is 0 Å². The number of aromatic nitrogens is 2. The van der Waals surface area contributed by atoms with Gasteiger partial charge in [-0.05, 0) is 71.6 Å². The number of rotatable bonds is 2. The molecule has 2 aromatic rings. The topological polar surface area (TPSA) is 45.5 Å². The van der Waals surface area contributed by atoms with Gasteiger partial charge >= 0.3 is 0 Å². The van der Waals surface area contributed by atoms with Crippen molar-refractivity contribution in [3.05, 3.63) is 29.5 Å². The largest absolute Gasteiger partial charge is 0.356 e. The first kappa shape index (κ1) is 17.0. The lowest BCUT2D eigenvalue weighted by atomic mass is 9.90. The molecular formula is C20H28N2O3. The molecule has 0 amide bonds. The molecular weight excluding hydrogens is 316 g/mol. The van der Waals surface area contributed by atoms with E-state index in [0.29, 0.717) is 0 Å². The van der Waals surface area contributed by atoms with Gasteiger partial charge in [0.25, 0.3) is 0 Å². The van der Waals surface area contributed by atoms with Crippen molar-refractivity contribution < 1.29 is 14.2 Å². The predicted molar refractivity (Wildman–Crippen MR) is 96.4 cm³/mol. The van der Waals surface area contributed by atoms with E-state index in [1.54, 1.807) is 0 Å². The highest BCUT2D eigenvalue weighted by molar-refractivity contribution is 5.80. The number of benzene rings is 1. The Balaban J connectivity index is 1.70. The lowest BCUT2D eigenvalue weighted by Gasteiger charge is -2.30. The summed E-state index contributed by atoms with van der Waals surface area (Å²) in [6, 6.07) is 4.33. The van der Waals surface area contributed by atoms with Crippen molar-refractivity contribution in [2.45, 2.75) is 77.6 Å². The van der Waals surface area contributed by atoms with Crippen molar-refractivity contribution in [2.24, 2.45) is 0 Å². The number of ether oxygens (including phenoxy) is 3. The minimum atomic E-state index is -0.344. The van der Waals surface area contributed by atoms with Crippen LogP contribution in [0.2, 0.25) is 0 Å². The molecule has 1 atom stereocenters. The Morgan fingerprint density at radius 3 is 2.44 bits per heavy atom. The van der Waals surface area contributed by atoms with Gasteiger partial charge < -0.3 is 14.2 Å². The fourth-order valence-corrected chi connectivity index (χ4v) is 3.59. The zero-order valence-corrected chi connectivity index (χ0v) is 15.8. The number of fused-ring (bicyclic) bond motifs is 1. The van der Waals surface area contributed by atoms with E-state index in [4.69, 9.17) is 14.2 Å². The summed E-state index contributed by atoms with van der Waals surface area (Å²) in [4.78, 5) is 0. The van der Waals surface area contributed by atoms with Gasteiger partial charge in [-0.2, -0.15) is 5.10 Å². The molecule has 0 radical (unpaired) electrons. The van der Waals surface area contributed by atoms with Crippen LogP contribution in [0.4, 0.5) is 0 Å². The first-order valence-electron chi connectivity index (χ1n) is 9.23. The van der Waals surface area contributed by atoms with Gasteiger partial charge in [0.1, 0.15) is 0 Å². The van der Waals surface area contributed by atoms with E-state index in [9.17, 15) is 0 Å². The molecule has 5 heteroatoms. The molecule has 3 heterocycles. The van der Waals surface area contributed by atoms with Crippen LogP contribution in [0, 0.1) is 6.92 Å². The molecule has 0 saturated carbocycles. The third-order valence-electron chi connectivity index (χ3n) is 5.92. The molecule has 2 aliphatic heterocycles. The Hall–Kier alpha value is -1.43. The van der Waals surface area contributed by atoms with E-state index in [2.05, 4.69) is 51.9 Å². The van der Waals surface area contributed by atoms with E-state index in [0.717, 1.165) is 41.5 Å². The molecule has 0 N–H and O–H groups in total. The average Bonchev–Trinajstić information content (AvgIpc) is 3.05. The van der Waals surface area contributed by atoms with E-state index < -0.39 is 0 Å². The highest BCUT2D eigenvalue weighted by atomic mass is 16.7. The first-order valence-corrected chi connectivity index (χ1v) is 9.23. The molecule has 0 bridgehead atoms. The van der Waals surface area contributed by atoms with Crippen LogP contribution >= 0.6 is 0 Å². The van der Waals surface area contributed by atoms with Gasteiger partial charge in [-0.1, -0.05) is 0 Å². The predicted octanol–water partition coefficient (Wildman–Crippen LogP) is 4.65. The van der Waals surface area contributed by atoms with E-state index >= 15 is 0 Å². The van der Waals surface area contributed by atoms with Crippen LogP contribution in [0.1, 0.15) is 70.6 Å². The van der Waals surface area contributed by atoms with E-state index in [1.165, 1.54) is 6.42 Å². The van der Waals surface area contributed by atoms with E-state index in [1.807, 2.05) is 10.9 Å². The zero-order valence-electron chi connectivity index (χ0n) is 15.8. The van der Waals surface area contributed by atoms with Gasteiger partial charge in [-0.3, -0.25) is 0 Å². The van der Waals surface area contributed by atoms with Crippen molar-refractivity contribution in [1.29, 1.82) is 0 Å². The second-order valence-corrected chi connectivity index (χ2v) is 8.27. The fraction of sp³-hybridized carbons (Fsp3) is 0.650. The lowest BCUT2D eigenvalue weighted by Crippen LogP contribution is -2.41. The van der Waals surface area contributed by atoms with Gasteiger partial charge in [0.2, 0.25) is 0 Å². The number of aryl methyl sites for hydroxylation is 1. The summed E-state index contributed by atoms with van der Waals surface area (Å²) in [7, 11) is 0. The maximum atomic E-state index is 6.23. The molecule has 2 saturated heterocycles. The number of hydrogen-bond acceptors (Lipinski definition) is 4. The Kier molecular flexibility index (Phi) is 3.94. The minimum absolute atomic E-state index is 0.0494. The zero-order chi connectivity index (χ0) is 17.8. The number of nitrogens with zero attached hydrogens (tertiary/aromatic N) is 2. The Morgan fingerprint density at radius 1 is 1.08 bits per heavy atom. The molecule has 25 heavy (non-hydrogen) atoms. The molecule has 136 valence electrons. The second-order valence-electron chi connectivity index (χ2n) is 8.27. The molecule has 0 spiro atoms. The maximum absolute atomic E-state index is 6.23. The molecule has 0 aliphatic carbocycles. The number of hydrogen-bond donors (Lipinski definition) is 0. The van der Waals surface area contributed by atoms with Crippen molar-refractivity contribution in [2.75, 3.05) is 6.61 Å². The Morgan fingerprint density at radius 2 is 1.80 bits per heavy atom. The van der Waals surface area contributed by atoms with Crippen LogP contribution in [0.25, 0.3) is 10.9 Å². The molecule has 5 nitrogen and oxygen atoms in total. The second kappa shape index (κ2) is 5.79. The lowest BCUT2D eigenvalue weighted by molar-refractivity contribution is -0.0898. The Labute approximate surface area is 149 Å². The smallest absolute Gasteiger partial charge is 0.185 e. The van der Waals surface area contributed by atoms with Gasteiger partial charge in [0, 0.05) is 17.6 Å². The highest BCUT2D eigenvalue weighted by Gasteiger charge is 2.49. The van der Waals surface area contributed by atoms with Crippen LogP contribution in [0.3, 0.4) is 0 Å². The summed E-state index contributed by atoms with van der Waals surface area (Å²) < 4.78 is 20.4. The first-order chi connectivity index (χ1) is 11.8. The summed E-state index contributed by atoms with van der Waals surface area (Å²) in [5.74, 6) is 0. The summed E-state index contributed by atoms with van der Waals surface area (Å²) in [6.45, 7) is 11.3. The third kappa shape index (κ3) is 2.78. The van der Waals surface area contributed by atoms with Crippen LogP contribution in [-0.2, 0) is 14.2 Å². The third-order valence-corrected chi connectivity index (χ3v) is 5.92. The van der Waals surface area contributed by atoms with Gasteiger partial charge in [0.15, 0.2) is 12.5 Å². The van der Waals surface area contributed by atoms with Gasteiger partial charge in [0.05, 0.1) is 22.9 Å². The minimum Gasteiger partial charge on any atom is -0.356 e. The highest BCUT2D eigenvalue weighted by Crippen LogP contribution is 2.46. The molecule has 2 aliphatic rings. The average molecular weight is 344 g/mol. The van der Waals surface area contributed by atoms with Crippen LogP contribution in [0.15, 0.2) is 18.3 Å². The maximum Gasteiger partial charge on any atom is 0.185 e. The van der Waals surface area contributed by atoms with E-state index in [-0.39, 0.29) is 23.7 Å². The molecule has 1 unspecified atom stereocenters. The molecule has 4 rings (SSSR count).